The molecule has 0 unspecified atom stereocenters. The summed E-state index contributed by atoms with van der Waals surface area (Å²) in [6.45, 7) is 0. The predicted molar refractivity (Wildman–Crippen MR) is 52.5 cm³/mol. The van der Waals surface area contributed by atoms with Crippen molar-refractivity contribution in [1.82, 2.24) is 4.98 Å². The maximum atomic E-state index is 12.7. The number of halogens is 3. The van der Waals surface area contributed by atoms with E-state index in [1.807, 2.05) is 0 Å². The van der Waals surface area contributed by atoms with Gasteiger partial charge >= 0.3 is 0 Å². The van der Waals surface area contributed by atoms with E-state index in [2.05, 4.69) is 4.98 Å². The summed E-state index contributed by atoms with van der Waals surface area (Å²) in [5.41, 5.74) is 5.56. The fourth-order valence-corrected chi connectivity index (χ4v) is 1.50. The topological polar surface area (TPSA) is 62.7 Å². The van der Waals surface area contributed by atoms with E-state index in [9.17, 15) is 8.78 Å². The number of nitrogen functional groups attached to an aromatic ring is 1. The highest BCUT2D eigenvalue weighted by molar-refractivity contribution is 6.17. The number of nitrogens with zero attached hydrogens (tertiary/aromatic N) is 2. The average Bonchev–Trinajstić information content (AvgIpc) is 2.18. The Morgan fingerprint density at radius 2 is 2.27 bits per heavy atom. The van der Waals surface area contributed by atoms with Gasteiger partial charge in [0, 0.05) is 12.1 Å². The van der Waals surface area contributed by atoms with E-state index in [1.54, 1.807) is 6.07 Å². The molecule has 0 atom stereocenters. The van der Waals surface area contributed by atoms with E-state index in [-0.39, 0.29) is 29.2 Å². The largest absolute Gasteiger partial charge is 0.383 e. The number of aromatic nitrogens is 1. The molecular weight excluding hydrogens is 224 g/mol. The lowest BCUT2D eigenvalue weighted by Gasteiger charge is -2.11. The number of hydrogen-bond donors (Lipinski definition) is 1. The molecule has 6 heteroatoms. The van der Waals surface area contributed by atoms with Crippen LogP contribution in [0.2, 0.25) is 0 Å². The van der Waals surface area contributed by atoms with Crippen molar-refractivity contribution >= 4 is 17.4 Å². The zero-order valence-corrected chi connectivity index (χ0v) is 8.43. The fraction of sp³-hybridized carbons (Fsp3) is 0.333. The molecule has 2 N–H and O–H groups in total. The number of nitriles is 1. The van der Waals surface area contributed by atoms with E-state index in [4.69, 9.17) is 22.6 Å². The van der Waals surface area contributed by atoms with E-state index in [1.165, 1.54) is 6.20 Å². The highest BCUT2D eigenvalue weighted by Crippen LogP contribution is 2.30. The summed E-state index contributed by atoms with van der Waals surface area (Å²) < 4.78 is 25.3. The molecule has 0 aromatic carbocycles. The van der Waals surface area contributed by atoms with Gasteiger partial charge in [0.1, 0.15) is 5.82 Å². The number of anilines is 1. The molecule has 1 aromatic rings. The number of nitrogens with two attached hydrogens (primary N) is 1. The third-order valence-electron chi connectivity index (χ3n) is 1.97. The first-order chi connectivity index (χ1) is 7.11. The Morgan fingerprint density at radius 1 is 1.60 bits per heavy atom. The number of pyridine rings is 1. The molecular formula is C9H8ClF2N3. The second-order valence-corrected chi connectivity index (χ2v) is 3.10. The van der Waals surface area contributed by atoms with Crippen LogP contribution in [-0.2, 0) is 12.3 Å². The van der Waals surface area contributed by atoms with Crippen molar-refractivity contribution in [2.75, 3.05) is 5.73 Å². The van der Waals surface area contributed by atoms with Gasteiger partial charge in [-0.05, 0) is 11.1 Å². The van der Waals surface area contributed by atoms with Gasteiger partial charge in [0.25, 0.3) is 6.43 Å². The molecule has 3 nitrogen and oxygen atoms in total. The summed E-state index contributed by atoms with van der Waals surface area (Å²) in [5, 5.41) is 8.54. The van der Waals surface area contributed by atoms with Crippen molar-refractivity contribution in [3.05, 3.63) is 22.9 Å². The molecule has 0 aliphatic heterocycles. The molecule has 0 saturated carbocycles. The van der Waals surface area contributed by atoms with Crippen molar-refractivity contribution in [3.63, 3.8) is 0 Å². The second kappa shape index (κ2) is 4.89. The van der Waals surface area contributed by atoms with Gasteiger partial charge < -0.3 is 5.73 Å². The first-order valence-electron chi connectivity index (χ1n) is 4.09. The van der Waals surface area contributed by atoms with Crippen molar-refractivity contribution in [2.45, 2.75) is 18.7 Å². The summed E-state index contributed by atoms with van der Waals surface area (Å²) in [5.74, 6) is -0.214. The molecule has 15 heavy (non-hydrogen) atoms. The monoisotopic (exact) mass is 231 g/mol. The molecule has 0 spiro atoms. The van der Waals surface area contributed by atoms with Gasteiger partial charge in [0.2, 0.25) is 0 Å². The number of hydrogen-bond acceptors (Lipinski definition) is 3. The number of rotatable bonds is 3. The molecule has 0 fully saturated rings. The molecule has 1 aromatic heterocycles. The summed E-state index contributed by atoms with van der Waals surface area (Å²) in [4.78, 5) is 3.62. The van der Waals surface area contributed by atoms with Crippen molar-refractivity contribution in [3.8, 4) is 6.07 Å². The SMILES string of the molecule is N#CCc1c(CCl)cnc(N)c1C(F)F. The molecule has 0 amide bonds. The molecule has 0 saturated heterocycles. The lowest BCUT2D eigenvalue weighted by atomic mass is 10.0. The molecule has 1 heterocycles. The third kappa shape index (κ3) is 2.34. The van der Waals surface area contributed by atoms with Crippen LogP contribution >= 0.6 is 11.6 Å². The Balaban J connectivity index is 3.38. The van der Waals surface area contributed by atoms with Crippen LogP contribution in [0, 0.1) is 11.3 Å². The smallest absolute Gasteiger partial charge is 0.267 e. The minimum atomic E-state index is -2.75. The Hall–Kier alpha value is -1.41. The van der Waals surface area contributed by atoms with Gasteiger partial charge in [-0.25, -0.2) is 13.8 Å². The van der Waals surface area contributed by atoms with E-state index < -0.39 is 6.43 Å². The zero-order valence-electron chi connectivity index (χ0n) is 7.67. The van der Waals surface area contributed by atoms with Crippen LogP contribution in [0.25, 0.3) is 0 Å². The van der Waals surface area contributed by atoms with Crippen LogP contribution in [-0.4, -0.2) is 4.98 Å². The normalized spacial score (nSPS) is 10.3. The second-order valence-electron chi connectivity index (χ2n) is 2.83. The summed E-state index contributed by atoms with van der Waals surface area (Å²) >= 11 is 5.56. The maximum Gasteiger partial charge on any atom is 0.267 e. The minimum absolute atomic E-state index is 0.0318. The van der Waals surface area contributed by atoms with Crippen LogP contribution in [0.5, 0.6) is 0 Å². The summed E-state index contributed by atoms with van der Waals surface area (Å²) in [6.07, 6.45) is -1.57. The Kier molecular flexibility index (Phi) is 3.81. The van der Waals surface area contributed by atoms with Crippen molar-refractivity contribution in [1.29, 1.82) is 5.26 Å². The van der Waals surface area contributed by atoms with Crippen molar-refractivity contribution in [2.24, 2.45) is 0 Å². The quantitative estimate of drug-likeness (QED) is 0.813. The average molecular weight is 232 g/mol. The molecule has 0 aliphatic carbocycles. The Morgan fingerprint density at radius 3 is 2.73 bits per heavy atom. The van der Waals surface area contributed by atoms with Gasteiger partial charge in [-0.1, -0.05) is 0 Å². The maximum absolute atomic E-state index is 12.7. The molecule has 1 rings (SSSR count). The molecule has 0 radical (unpaired) electrons. The first kappa shape index (κ1) is 11.7. The third-order valence-corrected chi connectivity index (χ3v) is 2.25. The van der Waals surface area contributed by atoms with Crippen LogP contribution in [0.3, 0.4) is 0 Å². The molecule has 80 valence electrons. The highest BCUT2D eigenvalue weighted by Gasteiger charge is 2.20. The van der Waals surface area contributed by atoms with Crippen LogP contribution in [0.1, 0.15) is 23.1 Å². The van der Waals surface area contributed by atoms with Gasteiger partial charge in [-0.3, -0.25) is 0 Å². The molecule has 0 aliphatic rings. The van der Waals surface area contributed by atoms with Crippen LogP contribution in [0.4, 0.5) is 14.6 Å². The summed E-state index contributed by atoms with van der Waals surface area (Å²) in [7, 11) is 0. The van der Waals surface area contributed by atoms with Gasteiger partial charge in [-0.2, -0.15) is 5.26 Å². The highest BCUT2D eigenvalue weighted by atomic mass is 35.5. The molecule has 0 bridgehead atoms. The number of alkyl halides is 3. The first-order valence-corrected chi connectivity index (χ1v) is 4.62. The fourth-order valence-electron chi connectivity index (χ4n) is 1.27. The minimum Gasteiger partial charge on any atom is -0.383 e. The van der Waals surface area contributed by atoms with Crippen molar-refractivity contribution < 1.29 is 8.78 Å². The standard InChI is InChI=1S/C9H8ClF2N3/c10-3-5-4-15-9(14)7(8(11)12)6(5)1-2-13/h4,8H,1,3H2,(H2,14,15). The Bertz CT molecular complexity index is 401. The predicted octanol–water partition coefficient (Wildman–Crippen LogP) is 2.41. The lowest BCUT2D eigenvalue weighted by molar-refractivity contribution is 0.151. The van der Waals surface area contributed by atoms with Crippen LogP contribution < -0.4 is 5.73 Å². The zero-order chi connectivity index (χ0) is 11.4. The van der Waals surface area contributed by atoms with Crippen LogP contribution in [0.15, 0.2) is 6.20 Å². The van der Waals surface area contributed by atoms with Gasteiger partial charge in [0.15, 0.2) is 0 Å². The van der Waals surface area contributed by atoms with E-state index in [0.717, 1.165) is 0 Å². The van der Waals surface area contributed by atoms with Gasteiger partial charge in [-0.15, -0.1) is 11.6 Å². The van der Waals surface area contributed by atoms with E-state index in [0.29, 0.717) is 5.56 Å². The van der Waals surface area contributed by atoms with E-state index >= 15 is 0 Å². The summed E-state index contributed by atoms with van der Waals surface area (Å²) in [6, 6.07) is 1.81. The Labute approximate surface area is 90.5 Å². The van der Waals surface area contributed by atoms with Gasteiger partial charge in [0.05, 0.1) is 18.1 Å². The lowest BCUT2D eigenvalue weighted by Crippen LogP contribution is -2.06.